The lowest BCUT2D eigenvalue weighted by Crippen LogP contribution is -2.47. The molecular weight excluding hydrogens is 312 g/mol. The Morgan fingerprint density at radius 2 is 1.94 bits per heavy atom. The van der Waals surface area contributed by atoms with Crippen LogP contribution in [0.15, 0.2) is 28.7 Å². The maximum absolute atomic E-state index is 11.9. The zero-order chi connectivity index (χ0) is 13.7. The van der Waals surface area contributed by atoms with E-state index < -0.39 is 0 Å². The lowest BCUT2D eigenvalue weighted by molar-refractivity contribution is -0.120. The first kappa shape index (κ1) is 15.1. The molecule has 1 unspecified atom stereocenters. The van der Waals surface area contributed by atoms with Gasteiger partial charge in [-0.1, -0.05) is 54.1 Å². The van der Waals surface area contributed by atoms with Crippen molar-refractivity contribution in [3.8, 4) is 0 Å². The Morgan fingerprint density at radius 1 is 1.39 bits per heavy atom. The van der Waals surface area contributed by atoms with Crippen molar-refractivity contribution in [2.45, 2.75) is 26.3 Å². The predicted octanol–water partition coefficient (Wildman–Crippen LogP) is 2.42. The molecule has 0 saturated heterocycles. The average Bonchev–Trinajstić information content (AvgIpc) is 2.28. The van der Waals surface area contributed by atoms with Crippen LogP contribution in [0.5, 0.6) is 0 Å². The number of benzene rings is 1. The quantitative estimate of drug-likeness (QED) is 0.816. The fraction of sp³-hybridized carbons (Fsp3) is 0.385. The van der Waals surface area contributed by atoms with Crippen LogP contribution in [0.4, 0.5) is 0 Å². The largest absolute Gasteiger partial charge is 0.392 e. The van der Waals surface area contributed by atoms with Crippen molar-refractivity contribution in [1.29, 1.82) is 0 Å². The Kier molecular flexibility index (Phi) is 5.75. The average molecular weight is 329 g/mol. The van der Waals surface area contributed by atoms with Crippen LogP contribution in [0.25, 0.3) is 0 Å². The highest BCUT2D eigenvalue weighted by atomic mass is 79.9. The molecule has 0 saturated carbocycles. The van der Waals surface area contributed by atoms with E-state index in [1.165, 1.54) is 0 Å². The summed E-state index contributed by atoms with van der Waals surface area (Å²) in [4.78, 5) is 12.2. The number of hydrogen-bond donors (Lipinski definition) is 2. The van der Waals surface area contributed by atoms with Crippen molar-refractivity contribution in [1.82, 2.24) is 5.32 Å². The van der Waals surface area contributed by atoms with Gasteiger partial charge >= 0.3 is 0 Å². The van der Waals surface area contributed by atoms with Gasteiger partial charge in [-0.3, -0.25) is 4.79 Å². The van der Waals surface area contributed by atoms with Crippen molar-refractivity contribution in [2.75, 3.05) is 0 Å². The Morgan fingerprint density at radius 3 is 2.39 bits per heavy atom. The molecule has 0 aliphatic rings. The summed E-state index contributed by atoms with van der Waals surface area (Å²) >= 11 is 8.31. The van der Waals surface area contributed by atoms with Crippen molar-refractivity contribution in [3.63, 3.8) is 0 Å². The maximum atomic E-state index is 11.9. The van der Waals surface area contributed by atoms with E-state index in [-0.39, 0.29) is 17.9 Å². The molecule has 0 fully saturated rings. The molecule has 0 radical (unpaired) electrons. The van der Waals surface area contributed by atoms with Crippen molar-refractivity contribution < 1.29 is 4.79 Å². The summed E-state index contributed by atoms with van der Waals surface area (Å²) in [6.07, 6.45) is 0.332. The lowest BCUT2D eigenvalue weighted by Gasteiger charge is -2.21. The van der Waals surface area contributed by atoms with Gasteiger partial charge in [0.15, 0.2) is 0 Å². The molecule has 1 amide bonds. The Balaban J connectivity index is 2.60. The molecule has 0 bridgehead atoms. The number of carbonyl (C=O) groups is 1. The second-order valence-electron chi connectivity index (χ2n) is 4.49. The van der Waals surface area contributed by atoms with E-state index in [0.717, 1.165) is 10.0 Å². The molecule has 0 spiro atoms. The van der Waals surface area contributed by atoms with Gasteiger partial charge in [-0.05, 0) is 23.6 Å². The second-order valence-corrected chi connectivity index (χ2v) is 5.88. The van der Waals surface area contributed by atoms with Gasteiger partial charge < -0.3 is 11.1 Å². The number of hydrogen-bond acceptors (Lipinski definition) is 2. The van der Waals surface area contributed by atoms with E-state index in [1.54, 1.807) is 0 Å². The molecule has 0 aromatic heterocycles. The molecule has 1 aromatic rings. The Hall–Kier alpha value is -0.940. The topological polar surface area (TPSA) is 55.1 Å². The molecule has 5 heteroatoms. The number of nitrogens with one attached hydrogen (secondary N) is 1. The van der Waals surface area contributed by atoms with Crippen molar-refractivity contribution in [2.24, 2.45) is 11.7 Å². The molecule has 98 valence electrons. The van der Waals surface area contributed by atoms with Gasteiger partial charge in [-0.2, -0.15) is 0 Å². The van der Waals surface area contributed by atoms with Crippen LogP contribution in [-0.2, 0) is 11.2 Å². The lowest BCUT2D eigenvalue weighted by atomic mass is 10.0. The molecule has 3 N–H and O–H groups in total. The van der Waals surface area contributed by atoms with Gasteiger partial charge in [0.05, 0.1) is 17.5 Å². The molecule has 0 heterocycles. The number of amides is 1. The monoisotopic (exact) mass is 328 g/mol. The van der Waals surface area contributed by atoms with Crippen molar-refractivity contribution in [3.05, 3.63) is 34.3 Å². The second kappa shape index (κ2) is 6.85. The van der Waals surface area contributed by atoms with Gasteiger partial charge in [0.1, 0.15) is 0 Å². The SMILES string of the molecule is CC(C)C(NC(=O)Cc1ccc(Br)cc1)C(N)=S. The minimum Gasteiger partial charge on any atom is -0.392 e. The highest BCUT2D eigenvalue weighted by Crippen LogP contribution is 2.11. The summed E-state index contributed by atoms with van der Waals surface area (Å²) in [6, 6.07) is 7.40. The standard InChI is InChI=1S/C13H17BrN2OS/c1-8(2)12(13(15)18)16-11(17)7-9-3-5-10(14)6-4-9/h3-6,8,12H,7H2,1-2H3,(H2,15,18)(H,16,17). The molecule has 3 nitrogen and oxygen atoms in total. The summed E-state index contributed by atoms with van der Waals surface area (Å²) in [7, 11) is 0. The van der Waals surface area contributed by atoms with Crippen LogP contribution in [0.3, 0.4) is 0 Å². The van der Waals surface area contributed by atoms with Crippen LogP contribution < -0.4 is 11.1 Å². The van der Waals surface area contributed by atoms with Gasteiger partial charge in [0, 0.05) is 4.47 Å². The van der Waals surface area contributed by atoms with E-state index in [1.807, 2.05) is 38.1 Å². The van der Waals surface area contributed by atoms with Crippen LogP contribution in [0, 0.1) is 5.92 Å². The summed E-state index contributed by atoms with van der Waals surface area (Å²) in [6.45, 7) is 3.95. The number of nitrogens with two attached hydrogens (primary N) is 1. The van der Waals surface area contributed by atoms with E-state index in [9.17, 15) is 4.79 Å². The number of carbonyl (C=O) groups excluding carboxylic acids is 1. The smallest absolute Gasteiger partial charge is 0.224 e. The zero-order valence-electron chi connectivity index (χ0n) is 10.4. The van der Waals surface area contributed by atoms with Crippen LogP contribution in [0.2, 0.25) is 0 Å². The summed E-state index contributed by atoms with van der Waals surface area (Å²) in [5.41, 5.74) is 6.57. The molecule has 0 aliphatic heterocycles. The summed E-state index contributed by atoms with van der Waals surface area (Å²) in [5.74, 6) is 0.125. The van der Waals surface area contributed by atoms with E-state index >= 15 is 0 Å². The van der Waals surface area contributed by atoms with Gasteiger partial charge in [-0.25, -0.2) is 0 Å². The number of halogens is 1. The third-order valence-corrected chi connectivity index (χ3v) is 3.35. The Bertz CT molecular complexity index is 431. The molecule has 1 atom stereocenters. The first-order valence-electron chi connectivity index (χ1n) is 5.73. The first-order valence-corrected chi connectivity index (χ1v) is 6.93. The summed E-state index contributed by atoms with van der Waals surface area (Å²) < 4.78 is 0.995. The first-order chi connectivity index (χ1) is 8.40. The number of rotatable bonds is 5. The third kappa shape index (κ3) is 4.74. The van der Waals surface area contributed by atoms with E-state index in [0.29, 0.717) is 11.4 Å². The van der Waals surface area contributed by atoms with Gasteiger partial charge in [-0.15, -0.1) is 0 Å². The van der Waals surface area contributed by atoms with Crippen LogP contribution in [-0.4, -0.2) is 16.9 Å². The highest BCUT2D eigenvalue weighted by Gasteiger charge is 2.18. The third-order valence-electron chi connectivity index (χ3n) is 2.57. The fourth-order valence-electron chi connectivity index (χ4n) is 1.58. The molecule has 1 rings (SSSR count). The van der Waals surface area contributed by atoms with Crippen molar-refractivity contribution >= 4 is 39.0 Å². The maximum Gasteiger partial charge on any atom is 0.224 e. The minimum atomic E-state index is -0.247. The summed E-state index contributed by atoms with van der Waals surface area (Å²) in [5, 5.41) is 2.86. The molecule has 0 aliphatic carbocycles. The van der Waals surface area contributed by atoms with Gasteiger partial charge in [0.2, 0.25) is 5.91 Å². The predicted molar refractivity (Wildman–Crippen MR) is 81.4 cm³/mol. The number of thiocarbonyl (C=S) groups is 1. The van der Waals surface area contributed by atoms with E-state index in [4.69, 9.17) is 18.0 Å². The van der Waals surface area contributed by atoms with Crippen LogP contribution >= 0.6 is 28.1 Å². The van der Waals surface area contributed by atoms with Crippen LogP contribution in [0.1, 0.15) is 19.4 Å². The zero-order valence-corrected chi connectivity index (χ0v) is 12.8. The molecule has 1 aromatic carbocycles. The molecular formula is C13H17BrN2OS. The van der Waals surface area contributed by atoms with Gasteiger partial charge in [0.25, 0.3) is 0 Å². The van der Waals surface area contributed by atoms with E-state index in [2.05, 4.69) is 21.2 Å². The minimum absolute atomic E-state index is 0.0659. The Labute approximate surface area is 121 Å². The molecule has 18 heavy (non-hydrogen) atoms. The fourth-order valence-corrected chi connectivity index (χ4v) is 2.17. The highest BCUT2D eigenvalue weighted by molar-refractivity contribution is 9.10. The normalized spacial score (nSPS) is 12.2.